The molecule has 74 valence electrons. The molecule has 0 amide bonds. The lowest BCUT2D eigenvalue weighted by atomic mass is 10.0. The Morgan fingerprint density at radius 3 is 2.73 bits per heavy atom. The first-order valence-electron chi connectivity index (χ1n) is 4.86. The molecule has 0 N–H and O–H groups in total. The molecule has 2 aromatic rings. The van der Waals surface area contributed by atoms with Gasteiger partial charge in [-0.1, -0.05) is 64.2 Å². The van der Waals surface area contributed by atoms with Crippen molar-refractivity contribution in [2.45, 2.75) is 6.92 Å². The second-order valence-electron chi connectivity index (χ2n) is 3.41. The lowest BCUT2D eigenvalue weighted by Gasteiger charge is -2.03. The molecule has 0 nitrogen and oxygen atoms in total. The maximum absolute atomic E-state index is 3.32. The summed E-state index contributed by atoms with van der Waals surface area (Å²) in [6, 6.07) is 12.6. The van der Waals surface area contributed by atoms with Crippen molar-refractivity contribution in [2.75, 3.05) is 5.33 Å². The predicted molar refractivity (Wildman–Crippen MR) is 69.4 cm³/mol. The van der Waals surface area contributed by atoms with Crippen LogP contribution in [-0.4, -0.2) is 5.33 Å². The van der Waals surface area contributed by atoms with Crippen LogP contribution in [0.5, 0.6) is 0 Å². The predicted octanol–water partition coefficient (Wildman–Crippen LogP) is 3.89. The van der Waals surface area contributed by atoms with Crippen molar-refractivity contribution in [3.8, 4) is 11.8 Å². The van der Waals surface area contributed by atoms with Gasteiger partial charge in [0.1, 0.15) is 0 Å². The van der Waals surface area contributed by atoms with Crippen molar-refractivity contribution < 1.29 is 0 Å². The molecular weight excluding hydrogens is 248 g/mol. The highest BCUT2D eigenvalue weighted by Crippen LogP contribution is 2.20. The van der Waals surface area contributed by atoms with Crippen LogP contribution in [0, 0.1) is 18.8 Å². The van der Waals surface area contributed by atoms with Crippen molar-refractivity contribution in [3.05, 3.63) is 47.5 Å². The Labute approximate surface area is 98.4 Å². The molecule has 0 fully saturated rings. The number of aryl methyl sites for hydroxylation is 1. The zero-order chi connectivity index (χ0) is 10.7. The van der Waals surface area contributed by atoms with Gasteiger partial charge in [-0.3, -0.25) is 0 Å². The Kier molecular flexibility index (Phi) is 3.08. The third-order valence-electron chi connectivity index (χ3n) is 2.42. The molecule has 0 aliphatic carbocycles. The highest BCUT2D eigenvalue weighted by molar-refractivity contribution is 9.09. The average molecular weight is 259 g/mol. The third-order valence-corrected chi connectivity index (χ3v) is 2.70. The van der Waals surface area contributed by atoms with Crippen molar-refractivity contribution in [3.63, 3.8) is 0 Å². The summed E-state index contributed by atoms with van der Waals surface area (Å²) in [6.07, 6.45) is 0. The van der Waals surface area contributed by atoms with E-state index in [1.165, 1.54) is 16.3 Å². The van der Waals surface area contributed by atoms with E-state index < -0.39 is 0 Å². The zero-order valence-electron chi connectivity index (χ0n) is 8.55. The SMILES string of the molecule is Cc1ccc2ccccc2c1C#CCBr. The topological polar surface area (TPSA) is 0 Å². The number of alkyl halides is 1. The van der Waals surface area contributed by atoms with Gasteiger partial charge < -0.3 is 0 Å². The minimum absolute atomic E-state index is 0.718. The van der Waals surface area contributed by atoms with Gasteiger partial charge in [0.25, 0.3) is 0 Å². The molecule has 0 radical (unpaired) electrons. The molecule has 2 rings (SSSR count). The molecule has 0 aliphatic heterocycles. The lowest BCUT2D eigenvalue weighted by molar-refractivity contribution is 1.47. The summed E-state index contributed by atoms with van der Waals surface area (Å²) in [7, 11) is 0. The van der Waals surface area contributed by atoms with E-state index in [9.17, 15) is 0 Å². The number of fused-ring (bicyclic) bond motifs is 1. The molecular formula is C14H11Br. The van der Waals surface area contributed by atoms with Crippen LogP contribution in [0.4, 0.5) is 0 Å². The van der Waals surface area contributed by atoms with Crippen molar-refractivity contribution >= 4 is 26.7 Å². The summed E-state index contributed by atoms with van der Waals surface area (Å²) in [6.45, 7) is 2.10. The Bertz CT molecular complexity index is 544. The van der Waals surface area contributed by atoms with Gasteiger partial charge in [0.2, 0.25) is 0 Å². The van der Waals surface area contributed by atoms with Crippen molar-refractivity contribution in [1.82, 2.24) is 0 Å². The molecule has 0 aromatic heterocycles. The summed E-state index contributed by atoms with van der Waals surface area (Å²) in [5, 5.41) is 3.21. The summed E-state index contributed by atoms with van der Waals surface area (Å²) in [5.74, 6) is 6.27. The quantitative estimate of drug-likeness (QED) is 0.497. The van der Waals surface area contributed by atoms with Crippen LogP contribution in [0.3, 0.4) is 0 Å². The van der Waals surface area contributed by atoms with Gasteiger partial charge in [-0.05, 0) is 23.3 Å². The molecule has 0 aliphatic rings. The molecule has 0 unspecified atom stereocenters. The standard InChI is InChI=1S/C14H11Br/c1-11-8-9-12-5-2-3-6-14(12)13(11)7-4-10-15/h2-3,5-6,8-9H,10H2,1H3. The smallest absolute Gasteiger partial charge is 0.0649 e. The Morgan fingerprint density at radius 1 is 1.13 bits per heavy atom. The number of benzene rings is 2. The highest BCUT2D eigenvalue weighted by atomic mass is 79.9. The summed E-state index contributed by atoms with van der Waals surface area (Å²) >= 11 is 3.32. The van der Waals surface area contributed by atoms with E-state index in [0.29, 0.717) is 0 Å². The monoisotopic (exact) mass is 258 g/mol. The van der Waals surface area contributed by atoms with Gasteiger partial charge in [0.05, 0.1) is 5.33 Å². The van der Waals surface area contributed by atoms with Crippen LogP contribution in [0.1, 0.15) is 11.1 Å². The lowest BCUT2D eigenvalue weighted by Crippen LogP contribution is -1.85. The van der Waals surface area contributed by atoms with Gasteiger partial charge in [0, 0.05) is 5.56 Å². The molecule has 0 heterocycles. The van der Waals surface area contributed by atoms with Crippen LogP contribution in [0.15, 0.2) is 36.4 Å². The molecule has 0 bridgehead atoms. The molecule has 0 spiro atoms. The summed E-state index contributed by atoms with van der Waals surface area (Å²) in [4.78, 5) is 0. The highest BCUT2D eigenvalue weighted by Gasteiger charge is 2.00. The van der Waals surface area contributed by atoms with E-state index in [1.54, 1.807) is 0 Å². The van der Waals surface area contributed by atoms with Gasteiger partial charge in [-0.25, -0.2) is 0 Å². The fourth-order valence-electron chi connectivity index (χ4n) is 1.67. The minimum Gasteiger partial charge on any atom is -0.0863 e. The van der Waals surface area contributed by atoms with Gasteiger partial charge >= 0.3 is 0 Å². The maximum atomic E-state index is 3.32. The Morgan fingerprint density at radius 2 is 1.93 bits per heavy atom. The molecule has 0 saturated carbocycles. The molecule has 1 heteroatoms. The largest absolute Gasteiger partial charge is 0.0863 e. The first-order valence-corrected chi connectivity index (χ1v) is 5.98. The first kappa shape index (κ1) is 10.3. The van der Waals surface area contributed by atoms with E-state index in [2.05, 4.69) is 71.1 Å². The van der Waals surface area contributed by atoms with E-state index in [0.717, 1.165) is 10.9 Å². The fraction of sp³-hybridized carbons (Fsp3) is 0.143. The van der Waals surface area contributed by atoms with E-state index in [1.807, 2.05) is 0 Å². The number of rotatable bonds is 0. The second kappa shape index (κ2) is 4.51. The average Bonchev–Trinajstić information content (AvgIpc) is 2.28. The van der Waals surface area contributed by atoms with Crippen LogP contribution in [-0.2, 0) is 0 Å². The molecule has 0 saturated heterocycles. The van der Waals surface area contributed by atoms with Crippen LogP contribution in [0.25, 0.3) is 10.8 Å². The summed E-state index contributed by atoms with van der Waals surface area (Å²) < 4.78 is 0. The van der Waals surface area contributed by atoms with Crippen LogP contribution >= 0.6 is 15.9 Å². The number of hydrogen-bond acceptors (Lipinski definition) is 0. The molecule has 15 heavy (non-hydrogen) atoms. The second-order valence-corrected chi connectivity index (χ2v) is 3.97. The normalized spacial score (nSPS) is 9.73. The number of halogens is 1. The Balaban J connectivity index is 2.74. The third kappa shape index (κ3) is 2.06. The minimum atomic E-state index is 0.718. The van der Waals surface area contributed by atoms with Crippen molar-refractivity contribution in [2.24, 2.45) is 0 Å². The molecule has 0 atom stereocenters. The van der Waals surface area contributed by atoms with E-state index in [4.69, 9.17) is 0 Å². The van der Waals surface area contributed by atoms with Crippen LogP contribution in [0.2, 0.25) is 0 Å². The maximum Gasteiger partial charge on any atom is 0.0649 e. The van der Waals surface area contributed by atoms with Gasteiger partial charge in [0.15, 0.2) is 0 Å². The van der Waals surface area contributed by atoms with Gasteiger partial charge in [-0.2, -0.15) is 0 Å². The molecule has 2 aromatic carbocycles. The first-order chi connectivity index (χ1) is 7.33. The van der Waals surface area contributed by atoms with Crippen LogP contribution < -0.4 is 0 Å². The fourth-order valence-corrected chi connectivity index (χ4v) is 1.81. The number of hydrogen-bond donors (Lipinski definition) is 0. The Hall–Kier alpha value is -1.26. The zero-order valence-corrected chi connectivity index (χ0v) is 10.1. The van der Waals surface area contributed by atoms with E-state index >= 15 is 0 Å². The van der Waals surface area contributed by atoms with Crippen molar-refractivity contribution in [1.29, 1.82) is 0 Å². The van der Waals surface area contributed by atoms with Gasteiger partial charge in [-0.15, -0.1) is 0 Å². The summed E-state index contributed by atoms with van der Waals surface area (Å²) in [5.41, 5.74) is 2.38. The van der Waals surface area contributed by atoms with E-state index in [-0.39, 0.29) is 0 Å².